The number of aliphatic hydroxyl groups is 1. The number of halogens is 1. The molecule has 2 rings (SSSR count). The predicted molar refractivity (Wildman–Crippen MR) is 71.3 cm³/mol. The molecule has 1 heterocycles. The monoisotopic (exact) mass is 266 g/mol. The first-order valence-electron chi connectivity index (χ1n) is 6.60. The van der Waals surface area contributed by atoms with E-state index in [-0.39, 0.29) is 24.2 Å². The van der Waals surface area contributed by atoms with Crippen molar-refractivity contribution >= 4 is 11.6 Å². The molecule has 0 radical (unpaired) electrons. The first-order valence-corrected chi connectivity index (χ1v) is 6.60. The summed E-state index contributed by atoms with van der Waals surface area (Å²) in [5.74, 6) is -0.626. The number of amides is 1. The van der Waals surface area contributed by atoms with E-state index in [2.05, 4.69) is 10.2 Å². The summed E-state index contributed by atoms with van der Waals surface area (Å²) >= 11 is 0. The lowest BCUT2D eigenvalue weighted by atomic mass is 10.2. The Morgan fingerprint density at radius 1 is 1.47 bits per heavy atom. The van der Waals surface area contributed by atoms with Crippen LogP contribution in [0.15, 0.2) is 24.3 Å². The van der Waals surface area contributed by atoms with Crippen molar-refractivity contribution in [2.45, 2.75) is 25.3 Å². The van der Waals surface area contributed by atoms with E-state index >= 15 is 0 Å². The van der Waals surface area contributed by atoms with Gasteiger partial charge in [0.25, 0.3) is 0 Å². The zero-order valence-electron chi connectivity index (χ0n) is 10.8. The molecule has 0 aromatic heterocycles. The normalized spacial score (nSPS) is 19.6. The Labute approximate surface area is 112 Å². The molecule has 19 heavy (non-hydrogen) atoms. The lowest BCUT2D eigenvalue weighted by Gasteiger charge is -2.22. The van der Waals surface area contributed by atoms with Crippen molar-refractivity contribution in [1.29, 1.82) is 0 Å². The van der Waals surface area contributed by atoms with Gasteiger partial charge in [-0.15, -0.1) is 0 Å². The van der Waals surface area contributed by atoms with Gasteiger partial charge in [-0.3, -0.25) is 9.69 Å². The Bertz CT molecular complexity index is 439. The molecule has 0 spiro atoms. The van der Waals surface area contributed by atoms with Gasteiger partial charge in [-0.05, 0) is 31.5 Å². The van der Waals surface area contributed by atoms with E-state index in [1.165, 1.54) is 6.07 Å². The first kappa shape index (κ1) is 14.0. The van der Waals surface area contributed by atoms with Gasteiger partial charge in [0.2, 0.25) is 5.91 Å². The molecule has 1 saturated heterocycles. The van der Waals surface area contributed by atoms with Crippen molar-refractivity contribution in [1.82, 2.24) is 4.90 Å². The van der Waals surface area contributed by atoms with Crippen LogP contribution in [0.1, 0.15) is 19.3 Å². The van der Waals surface area contributed by atoms with Crippen molar-refractivity contribution in [3.63, 3.8) is 0 Å². The van der Waals surface area contributed by atoms with Crippen LogP contribution in [0.4, 0.5) is 10.1 Å². The third-order valence-corrected chi connectivity index (χ3v) is 3.48. The summed E-state index contributed by atoms with van der Waals surface area (Å²) in [5, 5.41) is 11.7. The Balaban J connectivity index is 1.80. The molecule has 1 aromatic carbocycles. The summed E-state index contributed by atoms with van der Waals surface area (Å²) in [6.45, 7) is 1.65. The first-order chi connectivity index (χ1) is 9.20. The minimum Gasteiger partial charge on any atom is -0.395 e. The molecule has 0 saturated carbocycles. The average Bonchev–Trinajstić information content (AvgIpc) is 2.86. The maximum absolute atomic E-state index is 13.3. The number of hydrogen-bond acceptors (Lipinski definition) is 3. The van der Waals surface area contributed by atoms with Crippen LogP contribution in [0.2, 0.25) is 0 Å². The average molecular weight is 266 g/mol. The van der Waals surface area contributed by atoms with E-state index < -0.39 is 5.82 Å². The van der Waals surface area contributed by atoms with Crippen molar-refractivity contribution in [3.8, 4) is 0 Å². The quantitative estimate of drug-likeness (QED) is 0.851. The molecule has 4 nitrogen and oxygen atoms in total. The van der Waals surface area contributed by atoms with E-state index in [9.17, 15) is 14.3 Å². The number of carbonyl (C=O) groups is 1. The Morgan fingerprint density at radius 3 is 3.00 bits per heavy atom. The van der Waals surface area contributed by atoms with Crippen LogP contribution in [-0.4, -0.2) is 41.7 Å². The summed E-state index contributed by atoms with van der Waals surface area (Å²) in [6, 6.07) is 6.29. The second-order valence-corrected chi connectivity index (χ2v) is 4.79. The van der Waals surface area contributed by atoms with E-state index in [0.717, 1.165) is 19.4 Å². The largest absolute Gasteiger partial charge is 0.395 e. The van der Waals surface area contributed by atoms with Crippen LogP contribution in [0.5, 0.6) is 0 Å². The molecule has 1 fully saturated rings. The smallest absolute Gasteiger partial charge is 0.225 e. The Hall–Kier alpha value is -1.46. The second kappa shape index (κ2) is 6.63. The molecular formula is C14H19FN2O2. The number of aliphatic hydroxyl groups excluding tert-OH is 1. The van der Waals surface area contributed by atoms with Crippen LogP contribution in [0, 0.1) is 5.82 Å². The van der Waals surface area contributed by atoms with Gasteiger partial charge in [0.05, 0.1) is 12.3 Å². The number of rotatable bonds is 5. The fourth-order valence-electron chi connectivity index (χ4n) is 2.42. The van der Waals surface area contributed by atoms with Gasteiger partial charge in [0, 0.05) is 19.0 Å². The zero-order chi connectivity index (χ0) is 13.7. The molecule has 5 heteroatoms. The fraction of sp³-hybridized carbons (Fsp3) is 0.500. The van der Waals surface area contributed by atoms with Gasteiger partial charge in [-0.2, -0.15) is 0 Å². The van der Waals surface area contributed by atoms with E-state index in [1.54, 1.807) is 18.2 Å². The minimum atomic E-state index is -0.426. The van der Waals surface area contributed by atoms with Gasteiger partial charge < -0.3 is 10.4 Å². The van der Waals surface area contributed by atoms with Gasteiger partial charge in [-0.25, -0.2) is 4.39 Å². The molecule has 1 atom stereocenters. The predicted octanol–water partition coefficient (Wildman–Crippen LogP) is 1.61. The van der Waals surface area contributed by atoms with Crippen molar-refractivity contribution in [2.24, 2.45) is 0 Å². The van der Waals surface area contributed by atoms with Gasteiger partial charge in [-0.1, -0.05) is 12.1 Å². The number of nitrogens with zero attached hydrogens (tertiary/aromatic N) is 1. The van der Waals surface area contributed by atoms with Crippen LogP contribution in [0.3, 0.4) is 0 Å². The highest BCUT2D eigenvalue weighted by molar-refractivity contribution is 5.90. The summed E-state index contributed by atoms with van der Waals surface area (Å²) in [5.41, 5.74) is 0.215. The van der Waals surface area contributed by atoms with Crippen LogP contribution < -0.4 is 5.32 Å². The minimum absolute atomic E-state index is 0.134. The number of nitrogens with one attached hydrogen (secondary N) is 1. The number of anilines is 1. The fourth-order valence-corrected chi connectivity index (χ4v) is 2.42. The molecule has 1 aromatic rings. The summed E-state index contributed by atoms with van der Waals surface area (Å²) in [4.78, 5) is 13.9. The number of para-hydroxylation sites is 1. The molecular weight excluding hydrogens is 247 g/mol. The lowest BCUT2D eigenvalue weighted by molar-refractivity contribution is -0.116. The summed E-state index contributed by atoms with van der Waals surface area (Å²) in [6.07, 6.45) is 2.34. The third kappa shape index (κ3) is 3.75. The van der Waals surface area contributed by atoms with Crippen molar-refractivity contribution < 1.29 is 14.3 Å². The molecule has 0 aliphatic carbocycles. The molecule has 1 amide bonds. The van der Waals surface area contributed by atoms with E-state index in [1.807, 2.05) is 0 Å². The van der Waals surface area contributed by atoms with E-state index in [4.69, 9.17) is 0 Å². The molecule has 0 bridgehead atoms. The molecule has 0 unspecified atom stereocenters. The third-order valence-electron chi connectivity index (χ3n) is 3.48. The highest BCUT2D eigenvalue weighted by atomic mass is 19.1. The number of hydrogen-bond donors (Lipinski definition) is 2. The van der Waals surface area contributed by atoms with Crippen molar-refractivity contribution in [3.05, 3.63) is 30.1 Å². The topological polar surface area (TPSA) is 52.6 Å². The number of likely N-dealkylation sites (tertiary alicyclic amines) is 1. The molecule has 1 aliphatic heterocycles. The summed E-state index contributed by atoms with van der Waals surface area (Å²) < 4.78 is 13.3. The molecule has 2 N–H and O–H groups in total. The Kier molecular flexibility index (Phi) is 4.87. The van der Waals surface area contributed by atoms with Gasteiger partial charge in [0.1, 0.15) is 5.82 Å². The SMILES string of the molecule is O=C(CCN1CCC[C@H]1CO)Nc1ccccc1F. The summed E-state index contributed by atoms with van der Waals surface area (Å²) in [7, 11) is 0. The van der Waals surface area contributed by atoms with Gasteiger partial charge in [0.15, 0.2) is 0 Å². The zero-order valence-corrected chi connectivity index (χ0v) is 10.8. The highest BCUT2D eigenvalue weighted by Gasteiger charge is 2.23. The van der Waals surface area contributed by atoms with E-state index in [0.29, 0.717) is 13.0 Å². The van der Waals surface area contributed by atoms with Crippen LogP contribution in [0.25, 0.3) is 0 Å². The molecule has 1 aliphatic rings. The standard InChI is InChI=1S/C14H19FN2O2/c15-12-5-1-2-6-13(12)16-14(19)7-9-17-8-3-4-11(17)10-18/h1-2,5-6,11,18H,3-4,7-10H2,(H,16,19)/t11-/m0/s1. The maximum atomic E-state index is 13.3. The van der Waals surface area contributed by atoms with Crippen molar-refractivity contribution in [2.75, 3.05) is 25.0 Å². The van der Waals surface area contributed by atoms with Crippen LogP contribution in [-0.2, 0) is 4.79 Å². The Morgan fingerprint density at radius 2 is 2.26 bits per heavy atom. The molecule has 104 valence electrons. The lowest BCUT2D eigenvalue weighted by Crippen LogP contribution is -2.34. The highest BCUT2D eigenvalue weighted by Crippen LogP contribution is 2.17. The second-order valence-electron chi connectivity index (χ2n) is 4.79. The number of benzene rings is 1. The van der Waals surface area contributed by atoms with Gasteiger partial charge >= 0.3 is 0 Å². The maximum Gasteiger partial charge on any atom is 0.225 e. The number of carbonyl (C=O) groups excluding carboxylic acids is 1. The van der Waals surface area contributed by atoms with Crippen LogP contribution >= 0.6 is 0 Å².